The van der Waals surface area contributed by atoms with Gasteiger partial charge in [-0.1, -0.05) is 37.3 Å². The van der Waals surface area contributed by atoms with Gasteiger partial charge in [0.15, 0.2) is 0 Å². The lowest BCUT2D eigenvalue weighted by molar-refractivity contribution is -0.148. The summed E-state index contributed by atoms with van der Waals surface area (Å²) < 4.78 is 28.0. The Bertz CT molecular complexity index is 853. The molecule has 0 aliphatic carbocycles. The Morgan fingerprint density at radius 3 is 2.03 bits per heavy atom. The van der Waals surface area contributed by atoms with Crippen molar-refractivity contribution in [1.82, 2.24) is 0 Å². The summed E-state index contributed by atoms with van der Waals surface area (Å²) in [6.45, 7) is 9.65. The number of ether oxygens (including phenoxy) is 3. The number of esters is 1. The number of nitrogens with two attached hydrogens (primary N) is 1. The summed E-state index contributed by atoms with van der Waals surface area (Å²) in [4.78, 5) is 21.3. The average Bonchev–Trinajstić information content (AvgIpc) is 2.78. The fourth-order valence-corrected chi connectivity index (χ4v) is 3.10. The van der Waals surface area contributed by atoms with E-state index >= 15 is 0 Å². The Morgan fingerprint density at radius 2 is 1.64 bits per heavy atom. The molecule has 0 bridgehead atoms. The van der Waals surface area contributed by atoms with Crippen molar-refractivity contribution in [1.29, 1.82) is 0 Å². The molecule has 0 spiro atoms. The molecule has 2 unspecified atom stereocenters. The highest BCUT2D eigenvalue weighted by Gasteiger charge is 2.17. The number of rotatable bonds is 9. The smallest absolute Gasteiger partial charge is 0.405 e. The fraction of sp³-hybridized carbons (Fsp3) is 0.500. The van der Waals surface area contributed by atoms with Crippen LogP contribution in [0.2, 0.25) is 0 Å². The van der Waals surface area contributed by atoms with E-state index < -0.39 is 11.7 Å². The molecule has 2 rings (SSSR count). The molecule has 0 radical (unpaired) electrons. The van der Waals surface area contributed by atoms with Gasteiger partial charge in [0.1, 0.15) is 17.2 Å². The topological polar surface area (TPSA) is 108 Å². The van der Waals surface area contributed by atoms with Gasteiger partial charge in [-0.3, -0.25) is 4.79 Å². The number of phenols is 1. The van der Waals surface area contributed by atoms with Gasteiger partial charge in [0.05, 0.1) is 6.10 Å². The molecule has 0 fully saturated rings. The molecule has 2 aromatic carbocycles. The van der Waals surface area contributed by atoms with Gasteiger partial charge in [0.25, 0.3) is 0 Å². The van der Waals surface area contributed by atoms with Gasteiger partial charge in [-0.05, 0) is 82.7 Å². The molecule has 0 saturated carbocycles. The van der Waals surface area contributed by atoms with Crippen molar-refractivity contribution in [3.8, 4) is 5.75 Å². The van der Waals surface area contributed by atoms with Crippen LogP contribution in [0, 0.1) is 11.7 Å². The largest absolute Gasteiger partial charge is 0.508 e. The molecule has 0 aliphatic heterocycles. The predicted molar refractivity (Wildman–Crippen MR) is 139 cm³/mol. The number of phenolic OH excluding ortho intramolecular Hbond substituents is 1. The Balaban J connectivity index is 0.000000662. The minimum atomic E-state index is -0.725. The zero-order valence-corrected chi connectivity index (χ0v) is 22.3. The van der Waals surface area contributed by atoms with Gasteiger partial charge in [0.2, 0.25) is 0 Å². The van der Waals surface area contributed by atoms with Gasteiger partial charge in [-0.25, -0.2) is 9.18 Å². The number of primary amides is 1. The summed E-state index contributed by atoms with van der Waals surface area (Å²) in [5.74, 6) is 0.268. The highest BCUT2D eigenvalue weighted by atomic mass is 19.1. The number of carbonyl (C=O) groups excluding carboxylic acids is 2. The summed E-state index contributed by atoms with van der Waals surface area (Å²) in [6.07, 6.45) is 2.06. The number of benzene rings is 2. The lowest BCUT2D eigenvalue weighted by Crippen LogP contribution is -2.27. The van der Waals surface area contributed by atoms with Gasteiger partial charge in [0, 0.05) is 20.1 Å². The molecule has 0 aliphatic rings. The van der Waals surface area contributed by atoms with Crippen molar-refractivity contribution in [3.63, 3.8) is 0 Å². The molecule has 1 amide bonds. The van der Waals surface area contributed by atoms with Crippen LogP contribution in [-0.2, 0) is 25.4 Å². The molecule has 3 N–H and O–H groups in total. The summed E-state index contributed by atoms with van der Waals surface area (Å²) in [5.41, 5.74) is 5.35. The third-order valence-corrected chi connectivity index (χ3v) is 4.62. The molecule has 0 aromatic heterocycles. The van der Waals surface area contributed by atoms with Crippen LogP contribution in [0.25, 0.3) is 0 Å². The van der Waals surface area contributed by atoms with E-state index in [2.05, 4.69) is 4.74 Å². The monoisotopic (exact) mass is 507 g/mol. The number of hydrogen-bond acceptors (Lipinski definition) is 6. The first kappa shape index (κ1) is 32.9. The zero-order chi connectivity index (χ0) is 27.6. The first-order valence-corrected chi connectivity index (χ1v) is 12.0. The standard InChI is InChI=1S/C17H25FO3.C6H6O.C5H11NO2/c1-4-17(19)21-13(2)11-15(9-10-20-3)12-14-5-7-16(18)8-6-14;7-6-4-2-1-3-5-6;1-5(2,3)8-4(6)7/h5-8,13,15H,4,9-12H2,1-3H3;1-5,7H;1-3H3,(H2,6,7). The number of aromatic hydroxyl groups is 1. The first-order chi connectivity index (χ1) is 16.9. The van der Waals surface area contributed by atoms with E-state index in [1.165, 1.54) is 12.1 Å². The van der Waals surface area contributed by atoms with Crippen molar-refractivity contribution in [2.75, 3.05) is 13.7 Å². The van der Waals surface area contributed by atoms with Gasteiger partial charge < -0.3 is 25.1 Å². The molecular weight excluding hydrogens is 465 g/mol. The molecular formula is C28H42FNO6. The lowest BCUT2D eigenvalue weighted by Gasteiger charge is -2.21. The van der Waals surface area contributed by atoms with Crippen LogP contribution < -0.4 is 5.73 Å². The quantitative estimate of drug-likeness (QED) is 0.402. The van der Waals surface area contributed by atoms with Gasteiger partial charge in [-0.15, -0.1) is 0 Å². The number of carbonyl (C=O) groups is 2. The van der Waals surface area contributed by atoms with E-state index in [1.54, 1.807) is 71.2 Å². The van der Waals surface area contributed by atoms with Crippen LogP contribution in [0.3, 0.4) is 0 Å². The molecule has 36 heavy (non-hydrogen) atoms. The first-order valence-electron chi connectivity index (χ1n) is 12.0. The average molecular weight is 508 g/mol. The van der Waals surface area contributed by atoms with Gasteiger partial charge >= 0.3 is 12.1 Å². The maximum atomic E-state index is 12.9. The Morgan fingerprint density at radius 1 is 1.06 bits per heavy atom. The Kier molecular flexibility index (Phi) is 16.6. The van der Waals surface area contributed by atoms with Crippen LogP contribution in [0.15, 0.2) is 54.6 Å². The van der Waals surface area contributed by atoms with Crippen LogP contribution in [0.4, 0.5) is 9.18 Å². The zero-order valence-electron chi connectivity index (χ0n) is 22.3. The van der Waals surface area contributed by atoms with Crippen molar-refractivity contribution in [3.05, 3.63) is 66.0 Å². The van der Waals surface area contributed by atoms with E-state index in [1.807, 2.05) is 13.0 Å². The fourth-order valence-electron chi connectivity index (χ4n) is 3.10. The van der Waals surface area contributed by atoms with E-state index in [0.717, 1.165) is 24.8 Å². The highest BCUT2D eigenvalue weighted by molar-refractivity contribution is 5.69. The Labute approximate surface area is 214 Å². The van der Waals surface area contributed by atoms with E-state index in [9.17, 15) is 14.0 Å². The minimum Gasteiger partial charge on any atom is -0.508 e. The second kappa shape index (κ2) is 18.2. The number of halogens is 1. The minimum absolute atomic E-state index is 0.111. The van der Waals surface area contributed by atoms with E-state index in [0.29, 0.717) is 24.7 Å². The van der Waals surface area contributed by atoms with E-state index in [4.69, 9.17) is 20.3 Å². The normalized spacial score (nSPS) is 12.1. The summed E-state index contributed by atoms with van der Waals surface area (Å²) in [5, 5.41) is 8.63. The highest BCUT2D eigenvalue weighted by Crippen LogP contribution is 2.20. The number of methoxy groups -OCH3 is 1. The van der Waals surface area contributed by atoms with Crippen LogP contribution in [0.5, 0.6) is 5.75 Å². The van der Waals surface area contributed by atoms with Crippen LogP contribution in [0.1, 0.15) is 59.4 Å². The van der Waals surface area contributed by atoms with Gasteiger partial charge in [-0.2, -0.15) is 0 Å². The molecule has 8 heteroatoms. The molecule has 0 heterocycles. The molecule has 2 aromatic rings. The van der Waals surface area contributed by atoms with Crippen LogP contribution >= 0.6 is 0 Å². The molecule has 0 saturated heterocycles. The predicted octanol–water partition coefficient (Wildman–Crippen LogP) is 6.03. The maximum absolute atomic E-state index is 12.9. The molecule has 202 valence electrons. The third kappa shape index (κ3) is 19.2. The summed E-state index contributed by atoms with van der Waals surface area (Å²) >= 11 is 0. The van der Waals surface area contributed by atoms with Crippen molar-refractivity contribution < 1.29 is 33.3 Å². The number of para-hydroxylation sites is 1. The third-order valence-electron chi connectivity index (χ3n) is 4.62. The number of amides is 1. The molecule has 2 atom stereocenters. The second-order valence-corrected chi connectivity index (χ2v) is 9.24. The Hall–Kier alpha value is -3.13. The van der Waals surface area contributed by atoms with Crippen molar-refractivity contribution >= 4 is 12.1 Å². The second-order valence-electron chi connectivity index (χ2n) is 9.24. The molecule has 7 nitrogen and oxygen atoms in total. The lowest BCUT2D eigenvalue weighted by atomic mass is 9.91. The van der Waals surface area contributed by atoms with Crippen molar-refractivity contribution in [2.45, 2.75) is 72.0 Å². The van der Waals surface area contributed by atoms with E-state index in [-0.39, 0.29) is 17.9 Å². The summed E-state index contributed by atoms with van der Waals surface area (Å²) in [6, 6.07) is 15.3. The van der Waals surface area contributed by atoms with Crippen molar-refractivity contribution in [2.24, 2.45) is 11.7 Å². The maximum Gasteiger partial charge on any atom is 0.405 e. The SMILES string of the molecule is CC(C)(C)OC(N)=O.CCC(=O)OC(C)CC(CCOC)Cc1ccc(F)cc1.Oc1ccccc1. The number of hydrogen-bond donors (Lipinski definition) is 2. The van der Waals surface area contributed by atoms with Crippen LogP contribution in [-0.4, -0.2) is 42.6 Å². The summed E-state index contributed by atoms with van der Waals surface area (Å²) in [7, 11) is 1.68.